The van der Waals surface area contributed by atoms with Gasteiger partial charge in [0.2, 0.25) is 5.91 Å². The third kappa shape index (κ3) is 3.86. The Balaban J connectivity index is 0.00000208. The average Bonchev–Trinajstić information content (AvgIpc) is 3.24. The fourth-order valence-corrected chi connectivity index (χ4v) is 3.26. The predicted molar refractivity (Wildman–Crippen MR) is 91.7 cm³/mol. The van der Waals surface area contributed by atoms with Crippen LogP contribution in [0.1, 0.15) is 29.6 Å². The topological polar surface area (TPSA) is 85.2 Å². The number of hydrogen-bond donors (Lipinski definition) is 2. The van der Waals surface area contributed by atoms with E-state index in [1.54, 1.807) is 17.0 Å². The maximum absolute atomic E-state index is 12.5. The summed E-state index contributed by atoms with van der Waals surface area (Å²) in [5.41, 5.74) is 0.617. The van der Waals surface area contributed by atoms with Gasteiger partial charge in [0.15, 0.2) is 0 Å². The largest absolute Gasteiger partial charge is 0.348 e. The molecule has 0 bridgehead atoms. The van der Waals surface area contributed by atoms with Crippen LogP contribution in [0.2, 0.25) is 0 Å². The first-order valence-corrected chi connectivity index (χ1v) is 7.98. The minimum atomic E-state index is -0.315. The van der Waals surface area contributed by atoms with Crippen LogP contribution in [0.3, 0.4) is 0 Å². The van der Waals surface area contributed by atoms with Crippen molar-refractivity contribution in [1.82, 2.24) is 15.5 Å². The third-order valence-electron chi connectivity index (χ3n) is 4.49. The van der Waals surface area contributed by atoms with Gasteiger partial charge in [-0.05, 0) is 31.4 Å². The molecule has 2 aliphatic heterocycles. The Morgan fingerprint density at radius 1 is 1.29 bits per heavy atom. The molecule has 1 aromatic rings. The van der Waals surface area contributed by atoms with Gasteiger partial charge >= 0.3 is 0 Å². The minimum Gasteiger partial charge on any atom is -0.348 e. The van der Waals surface area contributed by atoms with Crippen molar-refractivity contribution in [3.63, 3.8) is 0 Å². The summed E-state index contributed by atoms with van der Waals surface area (Å²) in [5.74, 6) is -0.146. The second kappa shape index (κ2) is 8.13. The van der Waals surface area contributed by atoms with Crippen LogP contribution in [0, 0.1) is 11.3 Å². The first kappa shape index (κ1) is 18.2. The Labute approximate surface area is 147 Å². The highest BCUT2D eigenvalue weighted by atomic mass is 35.5. The van der Waals surface area contributed by atoms with Crippen LogP contribution in [-0.2, 0) is 4.79 Å². The Bertz CT molecular complexity index is 631. The van der Waals surface area contributed by atoms with Crippen LogP contribution in [0.15, 0.2) is 30.3 Å². The number of carbonyl (C=O) groups is 2. The van der Waals surface area contributed by atoms with E-state index in [4.69, 9.17) is 5.26 Å². The van der Waals surface area contributed by atoms with E-state index in [9.17, 15) is 9.59 Å². The zero-order chi connectivity index (χ0) is 16.2. The molecule has 2 saturated heterocycles. The highest BCUT2D eigenvalue weighted by Gasteiger charge is 2.37. The predicted octanol–water partition coefficient (Wildman–Crippen LogP) is 1.08. The molecule has 24 heavy (non-hydrogen) atoms. The first-order chi connectivity index (χ1) is 11.2. The van der Waals surface area contributed by atoms with Crippen LogP contribution in [-0.4, -0.2) is 47.9 Å². The molecule has 1 aromatic carbocycles. The SMILES string of the molecule is Cl.N#C[C@@H]1CCCN1C(=O)[C@@H]1C[C@@H](NC(=O)c2ccccc2)CN1. The maximum atomic E-state index is 12.5. The number of likely N-dealkylation sites (tertiary alicyclic amines) is 1. The highest BCUT2D eigenvalue weighted by molar-refractivity contribution is 5.94. The summed E-state index contributed by atoms with van der Waals surface area (Å²) < 4.78 is 0. The lowest BCUT2D eigenvalue weighted by atomic mass is 10.1. The minimum absolute atomic E-state index is 0. The van der Waals surface area contributed by atoms with Crippen molar-refractivity contribution in [3.05, 3.63) is 35.9 Å². The van der Waals surface area contributed by atoms with E-state index < -0.39 is 0 Å². The number of nitrogens with zero attached hydrogens (tertiary/aromatic N) is 2. The Kier molecular flexibility index (Phi) is 6.18. The maximum Gasteiger partial charge on any atom is 0.251 e. The van der Waals surface area contributed by atoms with Crippen LogP contribution in [0.5, 0.6) is 0 Å². The van der Waals surface area contributed by atoms with Crippen molar-refractivity contribution in [2.24, 2.45) is 0 Å². The van der Waals surface area contributed by atoms with Crippen molar-refractivity contribution in [1.29, 1.82) is 5.26 Å². The van der Waals surface area contributed by atoms with Crippen molar-refractivity contribution in [2.45, 2.75) is 37.4 Å². The van der Waals surface area contributed by atoms with Gasteiger partial charge in [-0.25, -0.2) is 0 Å². The number of halogens is 1. The van der Waals surface area contributed by atoms with Gasteiger partial charge in [0.05, 0.1) is 12.1 Å². The normalized spacial score (nSPS) is 25.6. The molecule has 0 aliphatic carbocycles. The van der Waals surface area contributed by atoms with Crippen molar-refractivity contribution in [2.75, 3.05) is 13.1 Å². The highest BCUT2D eigenvalue weighted by Crippen LogP contribution is 2.20. The van der Waals surface area contributed by atoms with Gasteiger partial charge in [-0.15, -0.1) is 12.4 Å². The van der Waals surface area contributed by atoms with E-state index in [2.05, 4.69) is 16.7 Å². The van der Waals surface area contributed by atoms with E-state index in [1.807, 2.05) is 18.2 Å². The number of nitrogens with one attached hydrogen (secondary N) is 2. The second-order valence-electron chi connectivity index (χ2n) is 6.05. The summed E-state index contributed by atoms with van der Waals surface area (Å²) in [4.78, 5) is 26.3. The lowest BCUT2D eigenvalue weighted by Gasteiger charge is -2.23. The van der Waals surface area contributed by atoms with Gasteiger partial charge in [0.25, 0.3) is 5.91 Å². The molecular weight excluding hydrogens is 328 g/mol. The van der Waals surface area contributed by atoms with E-state index in [0.29, 0.717) is 25.1 Å². The molecule has 2 aliphatic rings. The zero-order valence-corrected chi connectivity index (χ0v) is 14.1. The van der Waals surface area contributed by atoms with Crippen molar-refractivity contribution < 1.29 is 9.59 Å². The van der Waals surface area contributed by atoms with E-state index in [1.165, 1.54) is 0 Å². The fourth-order valence-electron chi connectivity index (χ4n) is 3.26. The molecule has 7 heteroatoms. The molecular formula is C17H21ClN4O2. The third-order valence-corrected chi connectivity index (χ3v) is 4.49. The standard InChI is InChI=1S/C17H20N4O2.ClH/c18-10-14-7-4-8-21(14)17(23)15-9-13(11-19-15)20-16(22)12-5-2-1-3-6-12;/h1-3,5-6,13-15,19H,4,7-9,11H2,(H,20,22);1H/t13-,14+,15+;/m1./s1. The number of rotatable bonds is 3. The summed E-state index contributed by atoms with van der Waals surface area (Å²) in [6.07, 6.45) is 2.19. The van der Waals surface area contributed by atoms with Gasteiger partial charge < -0.3 is 15.5 Å². The van der Waals surface area contributed by atoms with E-state index in [0.717, 1.165) is 12.8 Å². The molecule has 0 saturated carbocycles. The molecule has 0 unspecified atom stereocenters. The van der Waals surface area contributed by atoms with Gasteiger partial charge in [-0.1, -0.05) is 18.2 Å². The molecule has 0 radical (unpaired) electrons. The summed E-state index contributed by atoms with van der Waals surface area (Å²) in [6, 6.07) is 10.5. The Morgan fingerprint density at radius 3 is 2.75 bits per heavy atom. The lowest BCUT2D eigenvalue weighted by Crippen LogP contribution is -2.45. The molecule has 3 rings (SSSR count). The molecule has 2 fully saturated rings. The van der Waals surface area contributed by atoms with E-state index >= 15 is 0 Å². The van der Waals surface area contributed by atoms with Crippen LogP contribution in [0.4, 0.5) is 0 Å². The molecule has 2 amide bonds. The number of nitriles is 1. The van der Waals surface area contributed by atoms with E-state index in [-0.39, 0.29) is 42.3 Å². The van der Waals surface area contributed by atoms with Crippen LogP contribution < -0.4 is 10.6 Å². The molecule has 128 valence electrons. The molecule has 6 nitrogen and oxygen atoms in total. The number of amides is 2. The number of carbonyl (C=O) groups excluding carboxylic acids is 2. The molecule has 2 heterocycles. The summed E-state index contributed by atoms with van der Waals surface area (Å²) >= 11 is 0. The summed E-state index contributed by atoms with van der Waals surface area (Å²) in [6.45, 7) is 1.22. The molecule has 2 N–H and O–H groups in total. The average molecular weight is 349 g/mol. The van der Waals surface area contributed by atoms with Gasteiger partial charge in [0.1, 0.15) is 6.04 Å². The fraction of sp³-hybridized carbons (Fsp3) is 0.471. The quantitative estimate of drug-likeness (QED) is 0.856. The number of hydrogen-bond acceptors (Lipinski definition) is 4. The van der Waals surface area contributed by atoms with Crippen LogP contribution >= 0.6 is 12.4 Å². The Hall–Kier alpha value is -2.10. The molecule has 0 spiro atoms. The summed E-state index contributed by atoms with van der Waals surface area (Å²) in [7, 11) is 0. The van der Waals surface area contributed by atoms with Gasteiger partial charge in [-0.3, -0.25) is 9.59 Å². The Morgan fingerprint density at radius 2 is 2.04 bits per heavy atom. The lowest BCUT2D eigenvalue weighted by molar-refractivity contribution is -0.133. The van der Waals surface area contributed by atoms with Crippen molar-refractivity contribution >= 4 is 24.2 Å². The van der Waals surface area contributed by atoms with Gasteiger partial charge in [0, 0.05) is 24.7 Å². The van der Waals surface area contributed by atoms with Crippen LogP contribution in [0.25, 0.3) is 0 Å². The second-order valence-corrected chi connectivity index (χ2v) is 6.05. The summed E-state index contributed by atoms with van der Waals surface area (Å²) in [5, 5.41) is 15.2. The van der Waals surface area contributed by atoms with Gasteiger partial charge in [-0.2, -0.15) is 5.26 Å². The monoisotopic (exact) mass is 348 g/mol. The zero-order valence-electron chi connectivity index (χ0n) is 13.3. The van der Waals surface area contributed by atoms with Crippen molar-refractivity contribution in [3.8, 4) is 6.07 Å². The molecule has 3 atom stereocenters. The molecule has 0 aromatic heterocycles. The number of benzene rings is 1. The smallest absolute Gasteiger partial charge is 0.251 e. The first-order valence-electron chi connectivity index (χ1n) is 7.98.